The maximum atomic E-state index is 13.7. The number of halogens is 3. The van der Waals surface area contributed by atoms with Crippen molar-refractivity contribution in [1.29, 1.82) is 0 Å². The molecule has 0 spiro atoms. The van der Waals surface area contributed by atoms with Gasteiger partial charge in [-0.15, -0.1) is 0 Å². The fourth-order valence-corrected chi connectivity index (χ4v) is 3.62. The summed E-state index contributed by atoms with van der Waals surface area (Å²) in [7, 11) is 0. The number of aromatic amines is 1. The summed E-state index contributed by atoms with van der Waals surface area (Å²) in [6.07, 6.45) is -0.410. The molecule has 158 valence electrons. The second-order valence-corrected chi connectivity index (χ2v) is 7.29. The van der Waals surface area contributed by atoms with Gasteiger partial charge in [0.2, 0.25) is 11.9 Å². The first-order valence-corrected chi connectivity index (χ1v) is 9.62. The van der Waals surface area contributed by atoms with E-state index in [9.17, 15) is 18.0 Å². The van der Waals surface area contributed by atoms with Crippen LogP contribution in [0.3, 0.4) is 0 Å². The van der Waals surface area contributed by atoms with Gasteiger partial charge < -0.3 is 20.9 Å². The molecule has 1 saturated heterocycles. The Labute approximate surface area is 170 Å². The van der Waals surface area contributed by atoms with E-state index in [0.29, 0.717) is 28.7 Å². The number of aromatic nitrogens is 3. The number of piperidine rings is 1. The lowest BCUT2D eigenvalue weighted by Crippen LogP contribution is -2.38. The lowest BCUT2D eigenvalue weighted by molar-refractivity contribution is -0.137. The molecule has 0 bridgehead atoms. The van der Waals surface area contributed by atoms with E-state index in [1.165, 1.54) is 13.1 Å². The minimum atomic E-state index is -4.60. The predicted octanol–water partition coefficient (Wildman–Crippen LogP) is 3.77. The molecule has 0 saturated carbocycles. The van der Waals surface area contributed by atoms with Gasteiger partial charge in [0, 0.05) is 54.1 Å². The lowest BCUT2D eigenvalue weighted by atomic mass is 10.1. The smallest absolute Gasteiger partial charge is 0.360 e. The molecule has 7 nitrogen and oxygen atoms in total. The van der Waals surface area contributed by atoms with E-state index < -0.39 is 11.7 Å². The zero-order chi connectivity index (χ0) is 21.3. The maximum Gasteiger partial charge on any atom is 0.419 e. The van der Waals surface area contributed by atoms with Gasteiger partial charge in [0.05, 0.1) is 5.69 Å². The van der Waals surface area contributed by atoms with Crippen LogP contribution in [0.25, 0.3) is 22.2 Å². The number of fused-ring (bicyclic) bond motifs is 1. The Morgan fingerprint density at radius 1 is 1.30 bits per heavy atom. The number of benzene rings is 1. The van der Waals surface area contributed by atoms with Crippen LogP contribution in [0.2, 0.25) is 0 Å². The third kappa shape index (κ3) is 4.23. The summed E-state index contributed by atoms with van der Waals surface area (Å²) in [4.78, 5) is 22.4. The van der Waals surface area contributed by atoms with Gasteiger partial charge in [0.15, 0.2) is 0 Å². The van der Waals surface area contributed by atoms with Crippen molar-refractivity contribution >= 4 is 28.4 Å². The van der Waals surface area contributed by atoms with Gasteiger partial charge in [0.1, 0.15) is 5.56 Å². The highest BCUT2D eigenvalue weighted by molar-refractivity contribution is 5.99. The minimum Gasteiger partial charge on any atom is -0.360 e. The fraction of sp³-hybridized carbons (Fsp3) is 0.350. The van der Waals surface area contributed by atoms with Crippen LogP contribution in [0.1, 0.15) is 25.3 Å². The molecule has 1 fully saturated rings. The summed E-state index contributed by atoms with van der Waals surface area (Å²) in [6.45, 7) is 3.02. The molecule has 3 aromatic rings. The van der Waals surface area contributed by atoms with Crippen molar-refractivity contribution in [3.8, 4) is 11.3 Å². The summed E-state index contributed by atoms with van der Waals surface area (Å²) in [5.74, 6) is -0.0693. The number of amides is 1. The van der Waals surface area contributed by atoms with Crippen molar-refractivity contribution in [2.45, 2.75) is 32.0 Å². The van der Waals surface area contributed by atoms with E-state index in [4.69, 9.17) is 0 Å². The second-order valence-electron chi connectivity index (χ2n) is 7.29. The lowest BCUT2D eigenvalue weighted by Gasteiger charge is -2.24. The zero-order valence-corrected chi connectivity index (χ0v) is 16.2. The van der Waals surface area contributed by atoms with Crippen molar-refractivity contribution < 1.29 is 18.0 Å². The van der Waals surface area contributed by atoms with Crippen molar-refractivity contribution in [1.82, 2.24) is 20.3 Å². The Kier molecular flexibility index (Phi) is 5.33. The number of nitrogens with one attached hydrogen (secondary N) is 4. The average Bonchev–Trinajstić information content (AvgIpc) is 3.10. The normalized spacial score (nSPS) is 17.1. The van der Waals surface area contributed by atoms with Crippen molar-refractivity contribution in [2.75, 3.05) is 23.7 Å². The van der Waals surface area contributed by atoms with E-state index in [2.05, 4.69) is 30.9 Å². The van der Waals surface area contributed by atoms with Crippen LogP contribution >= 0.6 is 0 Å². The standard InChI is InChI=1S/C20H21F3N6O/c1-11(30)27-12-4-5-14-15(9-25-17(14)7-12)18-16(20(21,22)23)10-26-19(29-18)28-13-3-2-6-24-8-13/h4-5,7,9-10,13,24-25H,2-3,6,8H2,1H3,(H,27,30)(H,26,28,29)/t13-/m0/s1. The summed E-state index contributed by atoms with van der Waals surface area (Å²) in [5, 5.41) is 9.60. The van der Waals surface area contributed by atoms with Gasteiger partial charge in [-0.2, -0.15) is 13.2 Å². The second kappa shape index (κ2) is 7.94. The molecule has 1 aliphatic heterocycles. The minimum absolute atomic E-state index is 0.0616. The number of hydrogen-bond donors (Lipinski definition) is 4. The number of alkyl halides is 3. The van der Waals surface area contributed by atoms with Crippen molar-refractivity contribution in [2.24, 2.45) is 0 Å². The van der Waals surface area contributed by atoms with Crippen LogP contribution in [0.4, 0.5) is 24.8 Å². The van der Waals surface area contributed by atoms with Gasteiger partial charge in [0.25, 0.3) is 0 Å². The molecular weight excluding hydrogens is 397 g/mol. The molecule has 0 unspecified atom stereocenters. The van der Waals surface area contributed by atoms with E-state index in [-0.39, 0.29) is 23.6 Å². The summed E-state index contributed by atoms with van der Waals surface area (Å²) in [6, 6.07) is 5.03. The molecule has 4 N–H and O–H groups in total. The molecule has 2 aromatic heterocycles. The van der Waals surface area contributed by atoms with Gasteiger partial charge in [-0.1, -0.05) is 6.07 Å². The Morgan fingerprint density at radius 2 is 2.13 bits per heavy atom. The van der Waals surface area contributed by atoms with Gasteiger partial charge in [-0.3, -0.25) is 4.79 Å². The number of carbonyl (C=O) groups is 1. The highest BCUT2D eigenvalue weighted by Crippen LogP contribution is 2.39. The number of nitrogens with zero attached hydrogens (tertiary/aromatic N) is 2. The molecule has 4 rings (SSSR count). The number of rotatable bonds is 4. The van der Waals surface area contributed by atoms with E-state index >= 15 is 0 Å². The number of carbonyl (C=O) groups excluding carboxylic acids is 1. The molecule has 30 heavy (non-hydrogen) atoms. The highest BCUT2D eigenvalue weighted by Gasteiger charge is 2.36. The highest BCUT2D eigenvalue weighted by atomic mass is 19.4. The van der Waals surface area contributed by atoms with Gasteiger partial charge in [-0.25, -0.2) is 9.97 Å². The predicted molar refractivity (Wildman–Crippen MR) is 108 cm³/mol. The first-order valence-electron chi connectivity index (χ1n) is 9.62. The average molecular weight is 418 g/mol. The van der Waals surface area contributed by atoms with E-state index in [1.54, 1.807) is 18.2 Å². The van der Waals surface area contributed by atoms with E-state index in [1.807, 2.05) is 0 Å². The Balaban J connectivity index is 1.75. The van der Waals surface area contributed by atoms with Crippen LogP contribution in [-0.4, -0.2) is 40.0 Å². The molecule has 3 heterocycles. The summed E-state index contributed by atoms with van der Waals surface area (Å²) in [5.41, 5.74) is 0.367. The molecule has 1 atom stereocenters. The zero-order valence-electron chi connectivity index (χ0n) is 16.2. The summed E-state index contributed by atoms with van der Waals surface area (Å²) >= 11 is 0. The number of anilines is 2. The van der Waals surface area contributed by atoms with Crippen LogP contribution in [0, 0.1) is 0 Å². The molecule has 0 aliphatic carbocycles. The van der Waals surface area contributed by atoms with Crippen LogP contribution in [0.15, 0.2) is 30.6 Å². The molecule has 0 radical (unpaired) electrons. The Hall–Kier alpha value is -3.14. The molecular formula is C20H21F3N6O. The number of hydrogen-bond acceptors (Lipinski definition) is 5. The van der Waals surface area contributed by atoms with Gasteiger partial charge in [-0.05, 0) is 31.5 Å². The van der Waals surface area contributed by atoms with Crippen LogP contribution in [0.5, 0.6) is 0 Å². The maximum absolute atomic E-state index is 13.7. The van der Waals surface area contributed by atoms with Crippen molar-refractivity contribution in [3.63, 3.8) is 0 Å². The molecule has 1 aromatic carbocycles. The van der Waals surface area contributed by atoms with Gasteiger partial charge >= 0.3 is 6.18 Å². The third-order valence-electron chi connectivity index (χ3n) is 4.98. The van der Waals surface area contributed by atoms with E-state index in [0.717, 1.165) is 25.6 Å². The SMILES string of the molecule is CC(=O)Nc1ccc2c(-c3nc(N[C@H]4CCCNC4)ncc3C(F)(F)F)c[nH]c2c1. The molecule has 1 amide bonds. The molecule has 10 heteroatoms. The summed E-state index contributed by atoms with van der Waals surface area (Å²) < 4.78 is 41.0. The Bertz CT molecular complexity index is 1070. The topological polar surface area (TPSA) is 94.7 Å². The quantitative estimate of drug-likeness (QED) is 0.518. The molecule has 1 aliphatic rings. The van der Waals surface area contributed by atoms with Crippen LogP contribution in [-0.2, 0) is 11.0 Å². The third-order valence-corrected chi connectivity index (χ3v) is 4.98. The Morgan fingerprint density at radius 3 is 2.83 bits per heavy atom. The first kappa shape index (κ1) is 20.1. The largest absolute Gasteiger partial charge is 0.419 e. The fourth-order valence-electron chi connectivity index (χ4n) is 3.62. The first-order chi connectivity index (χ1) is 14.3. The van der Waals surface area contributed by atoms with Crippen LogP contribution < -0.4 is 16.0 Å². The number of H-pyrrole nitrogens is 1. The monoisotopic (exact) mass is 418 g/mol. The van der Waals surface area contributed by atoms with Crippen molar-refractivity contribution in [3.05, 3.63) is 36.2 Å².